The molecule has 1 saturated heterocycles. The first-order valence-electron chi connectivity index (χ1n) is 5.16. The molecule has 14 heavy (non-hydrogen) atoms. The molecule has 1 aliphatic rings. The van der Waals surface area contributed by atoms with Gasteiger partial charge in [0.15, 0.2) is 0 Å². The van der Waals surface area contributed by atoms with Gasteiger partial charge in [-0.15, -0.1) is 0 Å². The van der Waals surface area contributed by atoms with Gasteiger partial charge in [-0.1, -0.05) is 0 Å². The van der Waals surface area contributed by atoms with Crippen LogP contribution in [0.1, 0.15) is 20.3 Å². The summed E-state index contributed by atoms with van der Waals surface area (Å²) in [6, 6.07) is 0. The molecular weight excluding hydrogens is 185 g/mol. The van der Waals surface area contributed by atoms with Gasteiger partial charge in [0.05, 0.1) is 25.0 Å². The average molecular weight is 205 g/mol. The number of hydrogen-bond donors (Lipinski definition) is 1. The highest BCUT2D eigenvalue weighted by atomic mass is 19.1. The van der Waals surface area contributed by atoms with E-state index in [-0.39, 0.29) is 18.4 Å². The van der Waals surface area contributed by atoms with E-state index in [2.05, 4.69) is 5.32 Å². The fraction of sp³-hybridized carbons (Fsp3) is 1.00. The fourth-order valence-electron chi connectivity index (χ4n) is 1.53. The third-order valence-electron chi connectivity index (χ3n) is 2.13. The van der Waals surface area contributed by atoms with E-state index in [1.165, 1.54) is 0 Å². The van der Waals surface area contributed by atoms with Crippen LogP contribution in [-0.4, -0.2) is 44.7 Å². The lowest BCUT2D eigenvalue weighted by Crippen LogP contribution is -2.51. The van der Waals surface area contributed by atoms with Crippen molar-refractivity contribution in [1.29, 1.82) is 0 Å². The molecule has 1 N–H and O–H groups in total. The fourth-order valence-corrected chi connectivity index (χ4v) is 1.53. The van der Waals surface area contributed by atoms with Crippen molar-refractivity contribution in [3.8, 4) is 0 Å². The second-order valence-corrected chi connectivity index (χ2v) is 4.25. The molecule has 0 amide bonds. The molecule has 0 aromatic heterocycles. The molecule has 1 aliphatic heterocycles. The Labute approximate surface area is 85.0 Å². The van der Waals surface area contributed by atoms with Crippen molar-refractivity contribution in [1.82, 2.24) is 5.32 Å². The van der Waals surface area contributed by atoms with Crippen LogP contribution in [0.4, 0.5) is 4.39 Å². The highest BCUT2D eigenvalue weighted by Gasteiger charge is 2.28. The Kier molecular flexibility index (Phi) is 4.78. The van der Waals surface area contributed by atoms with Crippen molar-refractivity contribution in [3.05, 3.63) is 0 Å². The number of nitrogens with one attached hydrogen (secondary N) is 1. The van der Waals surface area contributed by atoms with Crippen LogP contribution in [0.15, 0.2) is 0 Å². The van der Waals surface area contributed by atoms with Gasteiger partial charge in [-0.2, -0.15) is 0 Å². The van der Waals surface area contributed by atoms with Crippen LogP contribution < -0.4 is 5.32 Å². The Morgan fingerprint density at radius 2 is 2.36 bits per heavy atom. The van der Waals surface area contributed by atoms with E-state index in [0.717, 1.165) is 13.1 Å². The molecule has 84 valence electrons. The van der Waals surface area contributed by atoms with Gasteiger partial charge in [-0.3, -0.25) is 4.39 Å². The van der Waals surface area contributed by atoms with Gasteiger partial charge in [0, 0.05) is 19.7 Å². The Hall–Kier alpha value is -0.190. The lowest BCUT2D eigenvalue weighted by Gasteiger charge is -2.36. The maximum atomic E-state index is 11.8. The predicted octanol–water partition coefficient (Wildman–Crippen LogP) is 1.13. The first-order chi connectivity index (χ1) is 6.64. The van der Waals surface area contributed by atoms with Crippen LogP contribution in [-0.2, 0) is 9.47 Å². The first kappa shape index (κ1) is 11.9. The molecule has 0 aromatic carbocycles. The highest BCUT2D eigenvalue weighted by molar-refractivity contribution is 4.81. The number of morpholine rings is 1. The monoisotopic (exact) mass is 205 g/mol. The van der Waals surface area contributed by atoms with Crippen LogP contribution in [0.3, 0.4) is 0 Å². The maximum Gasteiger partial charge on any atom is 0.0940 e. The van der Waals surface area contributed by atoms with E-state index in [1.54, 1.807) is 0 Å². The summed E-state index contributed by atoms with van der Waals surface area (Å²) >= 11 is 0. The van der Waals surface area contributed by atoms with E-state index >= 15 is 0 Å². The molecule has 1 rings (SSSR count). The van der Waals surface area contributed by atoms with Gasteiger partial charge < -0.3 is 14.8 Å². The second-order valence-electron chi connectivity index (χ2n) is 4.25. The van der Waals surface area contributed by atoms with Crippen LogP contribution in [0.5, 0.6) is 0 Å². The van der Waals surface area contributed by atoms with E-state index in [0.29, 0.717) is 19.6 Å². The molecule has 0 spiro atoms. The molecule has 4 heteroatoms. The van der Waals surface area contributed by atoms with Crippen molar-refractivity contribution in [3.63, 3.8) is 0 Å². The van der Waals surface area contributed by atoms with Crippen LogP contribution in [0.25, 0.3) is 0 Å². The third kappa shape index (κ3) is 4.35. The summed E-state index contributed by atoms with van der Waals surface area (Å²) in [5.41, 5.74) is -0.119. The standard InChI is InChI=1S/C10H20FNO2/c1-10(2)8-12-6-9(14-10)7-13-5-3-4-11/h9,12H,3-8H2,1-2H3. The molecule has 1 heterocycles. The Morgan fingerprint density at radius 1 is 1.57 bits per heavy atom. The van der Waals surface area contributed by atoms with Gasteiger partial charge >= 0.3 is 0 Å². The second kappa shape index (κ2) is 5.63. The minimum Gasteiger partial charge on any atom is -0.379 e. The zero-order valence-electron chi connectivity index (χ0n) is 9.01. The van der Waals surface area contributed by atoms with E-state index in [4.69, 9.17) is 9.47 Å². The highest BCUT2D eigenvalue weighted by Crippen LogP contribution is 2.15. The summed E-state index contributed by atoms with van der Waals surface area (Å²) in [6.45, 7) is 6.51. The Bertz CT molecular complexity index is 164. The summed E-state index contributed by atoms with van der Waals surface area (Å²) in [6.07, 6.45) is 0.571. The molecule has 0 aliphatic carbocycles. The van der Waals surface area contributed by atoms with Crippen molar-refractivity contribution < 1.29 is 13.9 Å². The van der Waals surface area contributed by atoms with Crippen LogP contribution in [0.2, 0.25) is 0 Å². The predicted molar refractivity (Wildman–Crippen MR) is 53.2 cm³/mol. The van der Waals surface area contributed by atoms with E-state index in [9.17, 15) is 4.39 Å². The zero-order valence-corrected chi connectivity index (χ0v) is 9.01. The first-order valence-corrected chi connectivity index (χ1v) is 5.16. The van der Waals surface area contributed by atoms with Gasteiger partial charge in [0.1, 0.15) is 0 Å². The minimum atomic E-state index is -0.310. The lowest BCUT2D eigenvalue weighted by molar-refractivity contribution is -0.120. The molecule has 0 aromatic rings. The summed E-state index contributed by atoms with van der Waals surface area (Å²) in [7, 11) is 0. The zero-order chi connectivity index (χ0) is 10.4. The number of ether oxygens (including phenoxy) is 2. The van der Waals surface area contributed by atoms with Crippen molar-refractivity contribution >= 4 is 0 Å². The molecule has 1 unspecified atom stereocenters. The average Bonchev–Trinajstić information content (AvgIpc) is 2.11. The molecule has 3 nitrogen and oxygen atoms in total. The van der Waals surface area contributed by atoms with Crippen molar-refractivity contribution in [2.24, 2.45) is 0 Å². The number of halogens is 1. The normalized spacial score (nSPS) is 26.4. The van der Waals surface area contributed by atoms with Gasteiger partial charge in [0.2, 0.25) is 0 Å². The molecule has 0 bridgehead atoms. The summed E-state index contributed by atoms with van der Waals surface area (Å²) in [4.78, 5) is 0. The van der Waals surface area contributed by atoms with Gasteiger partial charge in [0.25, 0.3) is 0 Å². The van der Waals surface area contributed by atoms with Crippen molar-refractivity contribution in [2.75, 3.05) is 33.0 Å². The SMILES string of the molecule is CC1(C)CNCC(COCCCF)O1. The molecular formula is C10H20FNO2. The van der Waals surface area contributed by atoms with Crippen LogP contribution in [0, 0.1) is 0 Å². The minimum absolute atomic E-state index is 0.0957. The topological polar surface area (TPSA) is 30.5 Å². The summed E-state index contributed by atoms with van der Waals surface area (Å²) in [5.74, 6) is 0. The molecule has 1 atom stereocenters. The number of rotatable bonds is 5. The number of hydrogen-bond acceptors (Lipinski definition) is 3. The van der Waals surface area contributed by atoms with E-state index in [1.807, 2.05) is 13.8 Å². The van der Waals surface area contributed by atoms with E-state index < -0.39 is 0 Å². The summed E-state index contributed by atoms with van der Waals surface area (Å²) in [5, 5.41) is 3.29. The Balaban J connectivity index is 2.12. The maximum absolute atomic E-state index is 11.8. The lowest BCUT2D eigenvalue weighted by atomic mass is 10.1. The van der Waals surface area contributed by atoms with Crippen LogP contribution >= 0.6 is 0 Å². The third-order valence-corrected chi connectivity index (χ3v) is 2.13. The number of alkyl halides is 1. The summed E-state index contributed by atoms with van der Waals surface area (Å²) < 4.78 is 22.8. The molecule has 0 saturated carbocycles. The van der Waals surface area contributed by atoms with Gasteiger partial charge in [-0.25, -0.2) is 0 Å². The molecule has 1 fully saturated rings. The molecule has 0 radical (unpaired) electrons. The Morgan fingerprint density at radius 3 is 3.00 bits per heavy atom. The quantitative estimate of drug-likeness (QED) is 0.682. The largest absolute Gasteiger partial charge is 0.379 e. The smallest absolute Gasteiger partial charge is 0.0940 e. The van der Waals surface area contributed by atoms with Crippen molar-refractivity contribution in [2.45, 2.75) is 32.0 Å². The van der Waals surface area contributed by atoms with Gasteiger partial charge in [-0.05, 0) is 20.3 Å².